The highest BCUT2D eigenvalue weighted by atomic mass is 32.2. The van der Waals surface area contributed by atoms with Crippen molar-refractivity contribution in [2.45, 2.75) is 32.0 Å². The van der Waals surface area contributed by atoms with Gasteiger partial charge in [-0.25, -0.2) is 19.6 Å². The standard InChI is InChI=1S/C21H24N4O3S/c1-12-13(2)22-20(23-14(12)3)29-11-16-17(19(26)28-5)18(24-21(27)25(16)4)15-9-7-6-8-10-15/h6-10,18H,11H2,1-5H3,(H,24,27). The molecule has 29 heavy (non-hydrogen) atoms. The number of aryl methyl sites for hydroxylation is 2. The minimum Gasteiger partial charge on any atom is -0.466 e. The lowest BCUT2D eigenvalue weighted by atomic mass is 9.95. The molecule has 0 spiro atoms. The highest BCUT2D eigenvalue weighted by Crippen LogP contribution is 2.33. The third kappa shape index (κ3) is 4.27. The first-order valence-electron chi connectivity index (χ1n) is 9.18. The third-order valence-corrected chi connectivity index (χ3v) is 5.92. The third-order valence-electron chi connectivity index (χ3n) is 5.07. The quantitative estimate of drug-likeness (QED) is 0.461. The molecule has 2 aromatic rings. The number of carbonyl (C=O) groups excluding carboxylic acids is 2. The summed E-state index contributed by atoms with van der Waals surface area (Å²) in [7, 11) is 2.98. The second-order valence-corrected chi connectivity index (χ2v) is 7.74. The largest absolute Gasteiger partial charge is 0.466 e. The van der Waals surface area contributed by atoms with Crippen LogP contribution < -0.4 is 5.32 Å². The van der Waals surface area contributed by atoms with Crippen LogP contribution in [0.5, 0.6) is 0 Å². The maximum Gasteiger partial charge on any atom is 0.338 e. The molecule has 1 aromatic heterocycles. The summed E-state index contributed by atoms with van der Waals surface area (Å²) in [6, 6.07) is 8.52. The molecule has 0 saturated heterocycles. The van der Waals surface area contributed by atoms with Gasteiger partial charge < -0.3 is 10.1 Å². The van der Waals surface area contributed by atoms with E-state index in [9.17, 15) is 9.59 Å². The lowest BCUT2D eigenvalue weighted by molar-refractivity contribution is -0.136. The van der Waals surface area contributed by atoms with E-state index in [1.165, 1.54) is 23.8 Å². The van der Waals surface area contributed by atoms with Gasteiger partial charge in [0.1, 0.15) is 0 Å². The molecule has 3 rings (SSSR count). The van der Waals surface area contributed by atoms with Gasteiger partial charge in [-0.1, -0.05) is 42.1 Å². The van der Waals surface area contributed by atoms with Gasteiger partial charge in [0.05, 0.1) is 18.7 Å². The average Bonchev–Trinajstić information content (AvgIpc) is 2.72. The number of methoxy groups -OCH3 is 1. The zero-order chi connectivity index (χ0) is 21.1. The zero-order valence-corrected chi connectivity index (χ0v) is 18.0. The lowest BCUT2D eigenvalue weighted by Gasteiger charge is -2.34. The van der Waals surface area contributed by atoms with Crippen LogP contribution in [0.2, 0.25) is 0 Å². The highest BCUT2D eigenvalue weighted by molar-refractivity contribution is 7.99. The summed E-state index contributed by atoms with van der Waals surface area (Å²) in [5, 5.41) is 3.50. The number of thioether (sulfide) groups is 1. The molecule has 0 aliphatic carbocycles. The Kier molecular flexibility index (Phi) is 6.22. The SMILES string of the molecule is COC(=O)C1=C(CSc2nc(C)c(C)c(C)n2)N(C)C(=O)NC1c1ccccc1. The van der Waals surface area contributed by atoms with Gasteiger partial charge in [-0.3, -0.25) is 4.90 Å². The smallest absolute Gasteiger partial charge is 0.338 e. The van der Waals surface area contributed by atoms with Crippen LogP contribution in [0.4, 0.5) is 4.79 Å². The molecule has 1 aliphatic heterocycles. The van der Waals surface area contributed by atoms with E-state index in [0.29, 0.717) is 22.2 Å². The summed E-state index contributed by atoms with van der Waals surface area (Å²) in [5.74, 6) is -0.113. The van der Waals surface area contributed by atoms with E-state index in [4.69, 9.17) is 4.74 Å². The molecule has 1 atom stereocenters. The van der Waals surface area contributed by atoms with E-state index in [2.05, 4.69) is 15.3 Å². The average molecular weight is 413 g/mol. The topological polar surface area (TPSA) is 84.4 Å². The van der Waals surface area contributed by atoms with E-state index in [1.54, 1.807) is 7.05 Å². The summed E-state index contributed by atoms with van der Waals surface area (Å²) >= 11 is 1.39. The van der Waals surface area contributed by atoms with Crippen molar-refractivity contribution in [2.75, 3.05) is 19.9 Å². The van der Waals surface area contributed by atoms with Crippen LogP contribution in [0, 0.1) is 20.8 Å². The Balaban J connectivity index is 2.01. The monoisotopic (exact) mass is 412 g/mol. The number of carbonyl (C=O) groups is 2. The summed E-state index contributed by atoms with van der Waals surface area (Å²) in [5.41, 5.74) is 4.70. The number of rotatable bonds is 5. The Labute approximate surface area is 174 Å². The number of amides is 2. The fourth-order valence-electron chi connectivity index (χ4n) is 3.12. The van der Waals surface area contributed by atoms with Crippen molar-refractivity contribution in [2.24, 2.45) is 0 Å². The molecule has 2 heterocycles. The molecule has 0 saturated carbocycles. The van der Waals surface area contributed by atoms with Gasteiger partial charge in [0.15, 0.2) is 5.16 Å². The van der Waals surface area contributed by atoms with Gasteiger partial charge in [-0.05, 0) is 31.9 Å². The van der Waals surface area contributed by atoms with Crippen molar-refractivity contribution in [3.8, 4) is 0 Å². The van der Waals surface area contributed by atoms with Crippen LogP contribution in [0.3, 0.4) is 0 Å². The second-order valence-electron chi connectivity index (χ2n) is 6.79. The summed E-state index contributed by atoms with van der Waals surface area (Å²) < 4.78 is 5.05. The van der Waals surface area contributed by atoms with Crippen molar-refractivity contribution in [3.63, 3.8) is 0 Å². The Hall–Kier alpha value is -2.87. The van der Waals surface area contributed by atoms with Crippen LogP contribution in [0.25, 0.3) is 0 Å². The van der Waals surface area contributed by atoms with Crippen LogP contribution in [-0.2, 0) is 9.53 Å². The predicted molar refractivity (Wildman–Crippen MR) is 111 cm³/mol. The van der Waals surface area contributed by atoms with Gasteiger partial charge in [0.2, 0.25) is 0 Å². The van der Waals surface area contributed by atoms with Gasteiger partial charge in [-0.15, -0.1) is 0 Å². The first-order chi connectivity index (χ1) is 13.8. The molecule has 8 heteroatoms. The van der Waals surface area contributed by atoms with E-state index in [-0.39, 0.29) is 6.03 Å². The highest BCUT2D eigenvalue weighted by Gasteiger charge is 2.36. The van der Waals surface area contributed by atoms with E-state index >= 15 is 0 Å². The second kappa shape index (κ2) is 8.65. The van der Waals surface area contributed by atoms with Crippen LogP contribution in [0.1, 0.15) is 28.6 Å². The Morgan fingerprint density at radius 3 is 2.38 bits per heavy atom. The van der Waals surface area contributed by atoms with Crippen molar-refractivity contribution in [3.05, 3.63) is 64.1 Å². The molecule has 152 valence electrons. The number of benzene rings is 1. The van der Waals surface area contributed by atoms with E-state index in [1.807, 2.05) is 51.1 Å². The number of hydrogen-bond donors (Lipinski definition) is 1. The fourth-order valence-corrected chi connectivity index (χ4v) is 4.13. The van der Waals surface area contributed by atoms with E-state index in [0.717, 1.165) is 22.5 Å². The predicted octanol–water partition coefficient (Wildman–Crippen LogP) is 3.32. The first-order valence-corrected chi connectivity index (χ1v) is 10.2. The molecule has 1 aliphatic rings. The fraction of sp³-hybridized carbons (Fsp3) is 0.333. The van der Waals surface area contributed by atoms with E-state index < -0.39 is 12.0 Å². The Bertz CT molecular complexity index is 952. The van der Waals surface area contributed by atoms with Crippen LogP contribution in [-0.4, -0.2) is 46.8 Å². The number of ether oxygens (including phenoxy) is 1. The number of urea groups is 1. The molecule has 1 unspecified atom stereocenters. The molecule has 1 aromatic carbocycles. The minimum absolute atomic E-state index is 0.278. The molecule has 7 nitrogen and oxygen atoms in total. The summed E-state index contributed by atoms with van der Waals surface area (Å²) in [6.07, 6.45) is 0. The Morgan fingerprint density at radius 1 is 1.17 bits per heavy atom. The lowest BCUT2D eigenvalue weighted by Crippen LogP contribution is -2.47. The molecule has 0 fully saturated rings. The molecular formula is C21H24N4O3S. The van der Waals surface area contributed by atoms with Gasteiger partial charge in [-0.2, -0.15) is 0 Å². The number of aromatic nitrogens is 2. The number of hydrogen-bond acceptors (Lipinski definition) is 6. The number of esters is 1. The molecule has 1 N–H and O–H groups in total. The van der Waals surface area contributed by atoms with Crippen molar-refractivity contribution >= 4 is 23.8 Å². The zero-order valence-electron chi connectivity index (χ0n) is 17.1. The van der Waals surface area contributed by atoms with Gasteiger partial charge in [0.25, 0.3) is 0 Å². The molecule has 2 amide bonds. The van der Waals surface area contributed by atoms with Gasteiger partial charge in [0, 0.05) is 29.9 Å². The van der Waals surface area contributed by atoms with Crippen molar-refractivity contribution in [1.82, 2.24) is 20.2 Å². The number of nitrogens with one attached hydrogen (secondary N) is 1. The normalized spacial score (nSPS) is 16.7. The Morgan fingerprint density at radius 2 is 1.79 bits per heavy atom. The maximum atomic E-state index is 12.7. The summed E-state index contributed by atoms with van der Waals surface area (Å²) in [4.78, 5) is 35.8. The number of nitrogens with zero attached hydrogens (tertiary/aromatic N) is 3. The van der Waals surface area contributed by atoms with Crippen molar-refractivity contribution < 1.29 is 14.3 Å². The van der Waals surface area contributed by atoms with Crippen LogP contribution >= 0.6 is 11.8 Å². The molecule has 0 bridgehead atoms. The van der Waals surface area contributed by atoms with Gasteiger partial charge >= 0.3 is 12.0 Å². The first kappa shape index (κ1) is 20.9. The molecule has 0 radical (unpaired) electrons. The van der Waals surface area contributed by atoms with Crippen molar-refractivity contribution in [1.29, 1.82) is 0 Å². The maximum absolute atomic E-state index is 12.7. The summed E-state index contributed by atoms with van der Waals surface area (Å²) in [6.45, 7) is 5.87. The minimum atomic E-state index is -0.578. The molecular weight excluding hydrogens is 388 g/mol. The van der Waals surface area contributed by atoms with Crippen LogP contribution in [0.15, 0.2) is 46.8 Å².